The summed E-state index contributed by atoms with van der Waals surface area (Å²) in [5, 5.41) is 8.28. The van der Waals surface area contributed by atoms with E-state index >= 15 is 0 Å². The third-order valence-electron chi connectivity index (χ3n) is 7.12. The molecule has 2 aromatic rings. The zero-order chi connectivity index (χ0) is 28.3. The Labute approximate surface area is 233 Å². The van der Waals surface area contributed by atoms with Gasteiger partial charge in [0.05, 0.1) is 11.1 Å². The van der Waals surface area contributed by atoms with Gasteiger partial charge in [-0.05, 0) is 37.0 Å². The number of fused-ring (bicyclic) bond motifs is 1. The van der Waals surface area contributed by atoms with Crippen molar-refractivity contribution in [3.8, 4) is 0 Å². The van der Waals surface area contributed by atoms with Gasteiger partial charge in [0.2, 0.25) is 11.8 Å². The Balaban J connectivity index is 1.08. The summed E-state index contributed by atoms with van der Waals surface area (Å²) in [4.78, 5) is 62.6. The zero-order valence-corrected chi connectivity index (χ0v) is 22.6. The molecule has 2 heterocycles. The highest BCUT2D eigenvalue weighted by molar-refractivity contribution is 6.25. The van der Waals surface area contributed by atoms with Crippen molar-refractivity contribution in [3.63, 3.8) is 0 Å². The van der Waals surface area contributed by atoms with E-state index < -0.39 is 35.8 Å². The molecule has 1 unspecified atom stereocenters. The second-order valence-electron chi connectivity index (χ2n) is 10.1. The minimum Gasteiger partial charge on any atom is -0.445 e. The molecule has 2 aliphatic rings. The second kappa shape index (κ2) is 14.3. The number of hydrogen-bond acceptors (Lipinski definition) is 7. The van der Waals surface area contributed by atoms with E-state index in [0.717, 1.165) is 55.4 Å². The normalized spacial score (nSPS) is 16.5. The Bertz CT molecular complexity index is 1230. The van der Waals surface area contributed by atoms with Gasteiger partial charge in [0.15, 0.2) is 0 Å². The van der Waals surface area contributed by atoms with Crippen LogP contribution in [0.25, 0.3) is 0 Å². The fourth-order valence-electron chi connectivity index (χ4n) is 4.98. The number of rotatable bonds is 14. The average molecular weight is 549 g/mol. The van der Waals surface area contributed by atoms with Crippen molar-refractivity contribution in [2.75, 3.05) is 18.4 Å². The number of nitrogens with zero attached hydrogens (tertiary/aromatic N) is 1. The predicted octanol–water partition coefficient (Wildman–Crippen LogP) is 4.16. The van der Waals surface area contributed by atoms with E-state index in [9.17, 15) is 24.0 Å². The lowest BCUT2D eigenvalue weighted by atomic mass is 10.0. The van der Waals surface area contributed by atoms with Crippen LogP contribution < -0.4 is 16.0 Å². The summed E-state index contributed by atoms with van der Waals surface area (Å²) in [5.41, 5.74) is 2.11. The number of ether oxygens (including phenoxy) is 1. The molecule has 212 valence electrons. The Morgan fingerprint density at radius 2 is 1.55 bits per heavy atom. The lowest BCUT2D eigenvalue weighted by Crippen LogP contribution is -2.54. The van der Waals surface area contributed by atoms with E-state index in [1.807, 2.05) is 30.3 Å². The lowest BCUT2D eigenvalue weighted by molar-refractivity contribution is -0.136. The summed E-state index contributed by atoms with van der Waals surface area (Å²) in [7, 11) is 0. The van der Waals surface area contributed by atoms with Crippen LogP contribution in [-0.4, -0.2) is 53.8 Å². The monoisotopic (exact) mass is 548 g/mol. The van der Waals surface area contributed by atoms with Crippen LogP contribution in [-0.2, 0) is 20.9 Å². The van der Waals surface area contributed by atoms with Crippen molar-refractivity contribution >= 4 is 35.4 Å². The summed E-state index contributed by atoms with van der Waals surface area (Å²) >= 11 is 0. The molecule has 10 nitrogen and oxygen atoms in total. The zero-order valence-electron chi connectivity index (χ0n) is 22.6. The maximum Gasteiger partial charge on any atom is 0.407 e. The van der Waals surface area contributed by atoms with Crippen molar-refractivity contribution in [3.05, 3.63) is 65.2 Å². The highest BCUT2D eigenvalue weighted by Gasteiger charge is 2.45. The Kier molecular flexibility index (Phi) is 10.3. The first kappa shape index (κ1) is 28.8. The van der Waals surface area contributed by atoms with Crippen LogP contribution in [0.3, 0.4) is 0 Å². The van der Waals surface area contributed by atoms with Crippen LogP contribution in [0.15, 0.2) is 48.5 Å². The van der Waals surface area contributed by atoms with Gasteiger partial charge in [-0.15, -0.1) is 0 Å². The van der Waals surface area contributed by atoms with Crippen LogP contribution in [0.1, 0.15) is 84.1 Å². The second-order valence-corrected chi connectivity index (χ2v) is 10.1. The minimum absolute atomic E-state index is 0.0929. The number of hydrogen-bond donors (Lipinski definition) is 3. The van der Waals surface area contributed by atoms with Crippen molar-refractivity contribution in [1.29, 1.82) is 0 Å². The molecule has 1 fully saturated rings. The number of carbonyl (C=O) groups excluding carboxylic acids is 5. The smallest absolute Gasteiger partial charge is 0.407 e. The van der Waals surface area contributed by atoms with Gasteiger partial charge in [-0.25, -0.2) is 4.79 Å². The quantitative estimate of drug-likeness (QED) is 0.238. The molecular formula is C30H36N4O6. The molecule has 2 aromatic carbocycles. The van der Waals surface area contributed by atoms with Crippen molar-refractivity contribution in [2.24, 2.45) is 0 Å². The number of imide groups is 2. The van der Waals surface area contributed by atoms with Gasteiger partial charge in [0, 0.05) is 25.2 Å². The molecule has 0 saturated carbocycles. The Hall–Kier alpha value is -4.21. The first-order chi connectivity index (χ1) is 19.5. The van der Waals surface area contributed by atoms with E-state index in [4.69, 9.17) is 4.74 Å². The Morgan fingerprint density at radius 1 is 0.850 bits per heavy atom. The largest absolute Gasteiger partial charge is 0.445 e. The van der Waals surface area contributed by atoms with Crippen LogP contribution in [0.5, 0.6) is 0 Å². The summed E-state index contributed by atoms with van der Waals surface area (Å²) in [6.45, 7) is 1.52. The number of amides is 5. The number of alkyl carbamates (subject to hydrolysis) is 1. The van der Waals surface area contributed by atoms with Gasteiger partial charge in [0.1, 0.15) is 12.6 Å². The highest BCUT2D eigenvalue weighted by Crippen LogP contribution is 2.32. The van der Waals surface area contributed by atoms with E-state index in [-0.39, 0.29) is 30.6 Å². The molecule has 1 atom stereocenters. The van der Waals surface area contributed by atoms with Gasteiger partial charge >= 0.3 is 6.09 Å². The first-order valence-electron chi connectivity index (χ1n) is 14.0. The number of piperidine rings is 1. The molecule has 0 aliphatic carbocycles. The van der Waals surface area contributed by atoms with E-state index in [2.05, 4.69) is 16.0 Å². The van der Waals surface area contributed by atoms with Crippen LogP contribution in [0.4, 0.5) is 10.5 Å². The SMILES string of the molecule is O=C1CCC(N2C(=O)c3cccc(NCCCCCCCCCNC(=O)OCc4ccccc4)c3C2=O)C(=O)N1. The van der Waals surface area contributed by atoms with Gasteiger partial charge < -0.3 is 15.4 Å². The molecule has 3 N–H and O–H groups in total. The number of carbonyl (C=O) groups is 5. The maximum atomic E-state index is 13.1. The predicted molar refractivity (Wildman–Crippen MR) is 149 cm³/mol. The fraction of sp³-hybridized carbons (Fsp3) is 0.433. The third kappa shape index (κ3) is 7.46. The molecule has 0 bridgehead atoms. The highest BCUT2D eigenvalue weighted by atomic mass is 16.5. The fourth-order valence-corrected chi connectivity index (χ4v) is 4.98. The Morgan fingerprint density at radius 3 is 2.27 bits per heavy atom. The standard InChI is InChI=1S/C30H36N4O6/c35-25-17-16-24(27(36)33-25)34-28(37)22-14-11-15-23(26(22)29(34)38)31-18-9-4-2-1-3-5-10-19-32-30(39)40-20-21-12-7-6-8-13-21/h6-8,11-15,24,31H,1-5,9-10,16-20H2,(H,32,39)(H,33,35,36). The number of nitrogens with one attached hydrogen (secondary N) is 3. The summed E-state index contributed by atoms with van der Waals surface area (Å²) in [6, 6.07) is 13.7. The van der Waals surface area contributed by atoms with Crippen LogP contribution >= 0.6 is 0 Å². The summed E-state index contributed by atoms with van der Waals surface area (Å²) in [6.07, 6.45) is 7.00. The van der Waals surface area contributed by atoms with Crippen molar-refractivity contribution in [1.82, 2.24) is 15.5 Å². The first-order valence-corrected chi connectivity index (χ1v) is 14.0. The molecule has 5 amide bonds. The minimum atomic E-state index is -0.970. The van der Waals surface area contributed by atoms with Gasteiger partial charge in [0.25, 0.3) is 11.8 Å². The van der Waals surface area contributed by atoms with Crippen LogP contribution in [0.2, 0.25) is 0 Å². The molecule has 4 rings (SSSR count). The molecule has 0 spiro atoms. The number of anilines is 1. The molecular weight excluding hydrogens is 512 g/mol. The van der Waals surface area contributed by atoms with Crippen molar-refractivity contribution < 1.29 is 28.7 Å². The number of unbranched alkanes of at least 4 members (excludes halogenated alkanes) is 6. The van der Waals surface area contributed by atoms with E-state index in [1.165, 1.54) is 0 Å². The average Bonchev–Trinajstić information content (AvgIpc) is 3.21. The lowest BCUT2D eigenvalue weighted by Gasteiger charge is -2.27. The summed E-state index contributed by atoms with van der Waals surface area (Å²) < 4.78 is 5.20. The third-order valence-corrected chi connectivity index (χ3v) is 7.12. The van der Waals surface area contributed by atoms with Gasteiger partial charge in [-0.3, -0.25) is 29.4 Å². The molecule has 1 saturated heterocycles. The summed E-state index contributed by atoms with van der Waals surface area (Å²) in [5.74, 6) is -2.01. The van der Waals surface area contributed by atoms with E-state index in [1.54, 1.807) is 18.2 Å². The van der Waals surface area contributed by atoms with Gasteiger partial charge in [-0.2, -0.15) is 0 Å². The molecule has 10 heteroatoms. The van der Waals surface area contributed by atoms with Crippen LogP contribution in [0, 0.1) is 0 Å². The maximum absolute atomic E-state index is 13.1. The van der Waals surface area contributed by atoms with Gasteiger partial charge in [-0.1, -0.05) is 68.5 Å². The topological polar surface area (TPSA) is 134 Å². The molecule has 0 aromatic heterocycles. The molecule has 0 radical (unpaired) electrons. The van der Waals surface area contributed by atoms with Crippen molar-refractivity contribution in [2.45, 2.75) is 70.4 Å². The van der Waals surface area contributed by atoms with E-state index in [0.29, 0.717) is 18.8 Å². The molecule has 40 heavy (non-hydrogen) atoms. The molecule has 2 aliphatic heterocycles. The number of benzene rings is 2.